The molecule has 0 fully saturated rings. The van der Waals surface area contributed by atoms with E-state index in [1.54, 1.807) is 7.11 Å². The molecule has 1 N–H and O–H groups in total. The molecule has 0 heterocycles. The van der Waals surface area contributed by atoms with Crippen molar-refractivity contribution in [3.63, 3.8) is 0 Å². The summed E-state index contributed by atoms with van der Waals surface area (Å²) in [5.41, 5.74) is 1.59. The zero-order valence-electron chi connectivity index (χ0n) is 14.7. The van der Waals surface area contributed by atoms with Crippen LogP contribution in [0.25, 0.3) is 0 Å². The fourth-order valence-electron chi connectivity index (χ4n) is 1.78. The summed E-state index contributed by atoms with van der Waals surface area (Å²) in [7, 11) is 1.68. The first kappa shape index (κ1) is 17.8. The van der Waals surface area contributed by atoms with Crippen LogP contribution in [0.4, 0.5) is 0 Å². The highest BCUT2D eigenvalue weighted by Crippen LogP contribution is 2.29. The molecule has 0 bridgehead atoms. The molecule has 3 heteroatoms. The van der Waals surface area contributed by atoms with Gasteiger partial charge < -0.3 is 14.8 Å². The van der Waals surface area contributed by atoms with Crippen molar-refractivity contribution in [2.75, 3.05) is 13.7 Å². The van der Waals surface area contributed by atoms with Crippen LogP contribution in [0.5, 0.6) is 11.5 Å². The Bertz CT molecular complexity index is 442. The van der Waals surface area contributed by atoms with Gasteiger partial charge in [-0.2, -0.15) is 0 Å². The standard InChI is InChI=1S/C18H31NO2/c1-17(2,3)10-11-21-16-12-14(8-9-15(16)20-7)13-19-18(4,5)6/h8-9,12,19H,10-11,13H2,1-7H3. The Morgan fingerprint density at radius 3 is 2.19 bits per heavy atom. The smallest absolute Gasteiger partial charge is 0.161 e. The van der Waals surface area contributed by atoms with Gasteiger partial charge in [0, 0.05) is 12.1 Å². The van der Waals surface area contributed by atoms with Crippen LogP contribution in [0.3, 0.4) is 0 Å². The summed E-state index contributed by atoms with van der Waals surface area (Å²) >= 11 is 0. The van der Waals surface area contributed by atoms with Gasteiger partial charge in [-0.25, -0.2) is 0 Å². The van der Waals surface area contributed by atoms with Crippen LogP contribution < -0.4 is 14.8 Å². The van der Waals surface area contributed by atoms with Gasteiger partial charge in [-0.1, -0.05) is 26.8 Å². The summed E-state index contributed by atoms with van der Waals surface area (Å²) < 4.78 is 11.3. The molecule has 0 saturated carbocycles. The summed E-state index contributed by atoms with van der Waals surface area (Å²) in [5, 5.41) is 3.49. The lowest BCUT2D eigenvalue weighted by Gasteiger charge is -2.21. The van der Waals surface area contributed by atoms with Gasteiger partial charge in [-0.15, -0.1) is 0 Å². The molecule has 3 nitrogen and oxygen atoms in total. The van der Waals surface area contributed by atoms with Crippen LogP contribution >= 0.6 is 0 Å². The van der Waals surface area contributed by atoms with E-state index in [9.17, 15) is 0 Å². The Morgan fingerprint density at radius 2 is 1.67 bits per heavy atom. The van der Waals surface area contributed by atoms with Gasteiger partial charge in [-0.05, 0) is 50.3 Å². The lowest BCUT2D eigenvalue weighted by Crippen LogP contribution is -2.35. The number of ether oxygens (including phenoxy) is 2. The van der Waals surface area contributed by atoms with Crippen molar-refractivity contribution in [2.24, 2.45) is 5.41 Å². The third-order valence-corrected chi connectivity index (χ3v) is 3.16. The average Bonchev–Trinajstić information content (AvgIpc) is 2.34. The molecule has 0 atom stereocenters. The maximum atomic E-state index is 5.92. The van der Waals surface area contributed by atoms with Crippen molar-refractivity contribution in [3.05, 3.63) is 23.8 Å². The molecule has 0 aliphatic rings. The Morgan fingerprint density at radius 1 is 1.00 bits per heavy atom. The summed E-state index contributed by atoms with van der Waals surface area (Å²) in [5.74, 6) is 1.62. The van der Waals surface area contributed by atoms with E-state index < -0.39 is 0 Å². The topological polar surface area (TPSA) is 30.5 Å². The van der Waals surface area contributed by atoms with E-state index in [4.69, 9.17) is 9.47 Å². The van der Waals surface area contributed by atoms with Gasteiger partial charge in [0.2, 0.25) is 0 Å². The molecule has 1 rings (SSSR count). The molecule has 0 unspecified atom stereocenters. The summed E-state index contributed by atoms with van der Waals surface area (Å²) in [6.45, 7) is 14.7. The second kappa shape index (κ2) is 7.17. The second-order valence-corrected chi connectivity index (χ2v) is 7.75. The van der Waals surface area contributed by atoms with Crippen LogP contribution in [0.1, 0.15) is 53.5 Å². The predicted molar refractivity (Wildman–Crippen MR) is 89.2 cm³/mol. The van der Waals surface area contributed by atoms with Crippen LogP contribution in [0, 0.1) is 5.41 Å². The molecule has 21 heavy (non-hydrogen) atoms. The van der Waals surface area contributed by atoms with Crippen molar-refractivity contribution in [1.29, 1.82) is 0 Å². The fourth-order valence-corrected chi connectivity index (χ4v) is 1.78. The van der Waals surface area contributed by atoms with Gasteiger partial charge >= 0.3 is 0 Å². The molecule has 1 aromatic carbocycles. The normalized spacial score (nSPS) is 12.3. The van der Waals surface area contributed by atoms with Crippen molar-refractivity contribution in [3.8, 4) is 11.5 Å². The lowest BCUT2D eigenvalue weighted by atomic mass is 9.93. The third-order valence-electron chi connectivity index (χ3n) is 3.16. The largest absolute Gasteiger partial charge is 0.493 e. The highest BCUT2D eigenvalue weighted by Gasteiger charge is 2.13. The first-order valence-corrected chi connectivity index (χ1v) is 7.65. The third kappa shape index (κ3) is 7.37. The van der Waals surface area contributed by atoms with Crippen LogP contribution in [-0.2, 0) is 6.54 Å². The summed E-state index contributed by atoms with van der Waals surface area (Å²) in [6, 6.07) is 6.13. The first-order chi connectivity index (χ1) is 9.61. The minimum Gasteiger partial charge on any atom is -0.493 e. The Kier molecular flexibility index (Phi) is 6.09. The van der Waals surface area contributed by atoms with Gasteiger partial charge in [0.15, 0.2) is 11.5 Å². The van der Waals surface area contributed by atoms with E-state index >= 15 is 0 Å². The monoisotopic (exact) mass is 293 g/mol. The first-order valence-electron chi connectivity index (χ1n) is 7.65. The van der Waals surface area contributed by atoms with Gasteiger partial charge in [0.25, 0.3) is 0 Å². The van der Waals surface area contributed by atoms with Crippen molar-refractivity contribution < 1.29 is 9.47 Å². The van der Waals surface area contributed by atoms with E-state index in [2.05, 4.69) is 59.0 Å². The highest BCUT2D eigenvalue weighted by molar-refractivity contribution is 5.43. The molecular formula is C18H31NO2. The van der Waals surface area contributed by atoms with Crippen molar-refractivity contribution >= 4 is 0 Å². The fraction of sp³-hybridized carbons (Fsp3) is 0.667. The molecular weight excluding hydrogens is 262 g/mol. The minimum atomic E-state index is 0.104. The van der Waals surface area contributed by atoms with Gasteiger partial charge in [0.05, 0.1) is 13.7 Å². The second-order valence-electron chi connectivity index (χ2n) is 7.75. The van der Waals surface area contributed by atoms with E-state index in [0.717, 1.165) is 24.5 Å². The molecule has 0 aromatic heterocycles. The Balaban J connectivity index is 2.71. The van der Waals surface area contributed by atoms with Gasteiger partial charge in [0.1, 0.15) is 0 Å². The SMILES string of the molecule is COc1ccc(CNC(C)(C)C)cc1OCCC(C)(C)C. The van der Waals surface area contributed by atoms with Crippen LogP contribution in [0.15, 0.2) is 18.2 Å². The Labute approximate surface area is 130 Å². The van der Waals surface area contributed by atoms with Crippen LogP contribution in [0.2, 0.25) is 0 Å². The van der Waals surface area contributed by atoms with E-state index in [-0.39, 0.29) is 11.0 Å². The van der Waals surface area contributed by atoms with Crippen LogP contribution in [-0.4, -0.2) is 19.3 Å². The van der Waals surface area contributed by atoms with Gasteiger partial charge in [-0.3, -0.25) is 0 Å². The molecule has 1 aromatic rings. The number of benzene rings is 1. The molecule has 0 saturated heterocycles. The van der Waals surface area contributed by atoms with Crippen molar-refractivity contribution in [2.45, 2.75) is 60.0 Å². The zero-order valence-corrected chi connectivity index (χ0v) is 14.7. The molecule has 0 aliphatic heterocycles. The van der Waals surface area contributed by atoms with E-state index in [1.165, 1.54) is 5.56 Å². The van der Waals surface area contributed by atoms with E-state index in [1.807, 2.05) is 6.07 Å². The predicted octanol–water partition coefficient (Wildman–Crippen LogP) is 4.40. The Hall–Kier alpha value is -1.22. The maximum Gasteiger partial charge on any atom is 0.161 e. The molecule has 0 radical (unpaired) electrons. The maximum absolute atomic E-state index is 5.92. The van der Waals surface area contributed by atoms with E-state index in [0.29, 0.717) is 6.61 Å². The summed E-state index contributed by atoms with van der Waals surface area (Å²) in [4.78, 5) is 0. The number of methoxy groups -OCH3 is 1. The zero-order chi connectivity index (χ0) is 16.1. The number of hydrogen-bond donors (Lipinski definition) is 1. The highest BCUT2D eigenvalue weighted by atomic mass is 16.5. The molecule has 120 valence electrons. The average molecular weight is 293 g/mol. The minimum absolute atomic E-state index is 0.104. The number of rotatable bonds is 6. The molecule has 0 amide bonds. The quantitative estimate of drug-likeness (QED) is 0.843. The number of hydrogen-bond acceptors (Lipinski definition) is 3. The summed E-state index contributed by atoms with van der Waals surface area (Å²) in [6.07, 6.45) is 1.01. The lowest BCUT2D eigenvalue weighted by molar-refractivity contribution is 0.234. The molecule has 0 spiro atoms. The number of nitrogens with one attached hydrogen (secondary N) is 1. The van der Waals surface area contributed by atoms with Crippen molar-refractivity contribution in [1.82, 2.24) is 5.32 Å². The molecule has 0 aliphatic carbocycles.